The second-order valence-electron chi connectivity index (χ2n) is 5.91. The minimum absolute atomic E-state index is 0.0697. The van der Waals surface area contributed by atoms with Gasteiger partial charge in [-0.25, -0.2) is 4.79 Å². The van der Waals surface area contributed by atoms with Crippen LogP contribution in [-0.2, 0) is 9.59 Å². The van der Waals surface area contributed by atoms with Gasteiger partial charge in [0.2, 0.25) is 11.8 Å². The first-order chi connectivity index (χ1) is 11.4. The molecule has 2 rings (SSSR count). The molecule has 8 heteroatoms. The minimum atomic E-state index is -0.290. The molecule has 1 aromatic carbocycles. The average Bonchev–Trinajstić information content (AvgIpc) is 2.84. The summed E-state index contributed by atoms with van der Waals surface area (Å²) < 4.78 is 0. The molecular formula is C16H23N5O3. The third-order valence-corrected chi connectivity index (χ3v) is 3.43. The third-order valence-electron chi connectivity index (χ3n) is 3.43. The van der Waals surface area contributed by atoms with E-state index in [0.29, 0.717) is 23.3 Å². The molecule has 0 atom stereocenters. The molecule has 0 radical (unpaired) electrons. The summed E-state index contributed by atoms with van der Waals surface area (Å²) in [7, 11) is 0. The van der Waals surface area contributed by atoms with Crippen molar-refractivity contribution in [2.45, 2.75) is 26.8 Å². The molecule has 24 heavy (non-hydrogen) atoms. The number of anilines is 1. The number of hydrogen-bond acceptors (Lipinski definition) is 4. The molecule has 0 aliphatic rings. The van der Waals surface area contributed by atoms with Crippen LogP contribution in [0.3, 0.4) is 0 Å². The van der Waals surface area contributed by atoms with Crippen molar-refractivity contribution in [3.8, 4) is 0 Å². The quantitative estimate of drug-likeness (QED) is 0.596. The number of fused-ring (bicyclic) bond motifs is 1. The largest absolute Gasteiger partial charge is 0.353 e. The van der Waals surface area contributed by atoms with Crippen LogP contribution in [0.4, 0.5) is 5.69 Å². The van der Waals surface area contributed by atoms with Gasteiger partial charge < -0.3 is 20.6 Å². The van der Waals surface area contributed by atoms with E-state index in [4.69, 9.17) is 0 Å². The van der Waals surface area contributed by atoms with Crippen LogP contribution in [0.15, 0.2) is 23.0 Å². The second-order valence-corrected chi connectivity index (χ2v) is 5.91. The molecule has 0 fully saturated rings. The van der Waals surface area contributed by atoms with Gasteiger partial charge in [0, 0.05) is 11.7 Å². The Kier molecular flexibility index (Phi) is 5.75. The first-order valence-electron chi connectivity index (χ1n) is 7.91. The molecule has 0 aliphatic carbocycles. The number of hydrogen-bond donors (Lipinski definition) is 4. The summed E-state index contributed by atoms with van der Waals surface area (Å²) in [5, 5.41) is 5.58. The smallest absolute Gasteiger partial charge is 0.323 e. The fraction of sp³-hybridized carbons (Fsp3) is 0.438. The van der Waals surface area contributed by atoms with Crippen LogP contribution >= 0.6 is 0 Å². The van der Waals surface area contributed by atoms with Crippen molar-refractivity contribution >= 4 is 28.5 Å². The Morgan fingerprint density at radius 3 is 2.46 bits per heavy atom. The molecule has 2 aromatic rings. The van der Waals surface area contributed by atoms with Gasteiger partial charge in [0.15, 0.2) is 0 Å². The van der Waals surface area contributed by atoms with E-state index in [1.807, 2.05) is 20.8 Å². The van der Waals surface area contributed by atoms with Gasteiger partial charge in [0.25, 0.3) is 0 Å². The molecule has 1 heterocycles. The van der Waals surface area contributed by atoms with Gasteiger partial charge in [-0.1, -0.05) is 6.92 Å². The Bertz CT molecular complexity index is 777. The van der Waals surface area contributed by atoms with Crippen molar-refractivity contribution in [1.29, 1.82) is 0 Å². The Labute approximate surface area is 139 Å². The first-order valence-corrected chi connectivity index (χ1v) is 7.91. The normalized spacial score (nSPS) is 11.2. The van der Waals surface area contributed by atoms with Gasteiger partial charge in [0.1, 0.15) is 0 Å². The topological polar surface area (TPSA) is 110 Å². The lowest BCUT2D eigenvalue weighted by Gasteiger charge is -2.20. The number of nitrogens with one attached hydrogen (secondary N) is 4. The van der Waals surface area contributed by atoms with E-state index in [-0.39, 0.29) is 36.6 Å². The predicted octanol–water partition coefficient (Wildman–Crippen LogP) is 0.641. The maximum atomic E-state index is 12.2. The van der Waals surface area contributed by atoms with Crippen LogP contribution in [0.5, 0.6) is 0 Å². The third kappa shape index (κ3) is 4.95. The van der Waals surface area contributed by atoms with Gasteiger partial charge in [-0.05, 0) is 38.6 Å². The van der Waals surface area contributed by atoms with Crippen LogP contribution in [0, 0.1) is 0 Å². The number of imidazole rings is 1. The van der Waals surface area contributed by atoms with Crippen molar-refractivity contribution < 1.29 is 9.59 Å². The van der Waals surface area contributed by atoms with Crippen LogP contribution in [-0.4, -0.2) is 52.4 Å². The number of carbonyl (C=O) groups excluding carboxylic acids is 2. The lowest BCUT2D eigenvalue weighted by Crippen LogP contribution is -2.42. The highest BCUT2D eigenvalue weighted by atomic mass is 16.2. The molecule has 0 saturated heterocycles. The zero-order valence-corrected chi connectivity index (χ0v) is 14.1. The van der Waals surface area contributed by atoms with Gasteiger partial charge in [0.05, 0.1) is 24.1 Å². The van der Waals surface area contributed by atoms with Crippen molar-refractivity contribution in [3.05, 3.63) is 28.7 Å². The van der Waals surface area contributed by atoms with E-state index < -0.39 is 0 Å². The molecule has 0 aliphatic heterocycles. The van der Waals surface area contributed by atoms with E-state index in [1.165, 1.54) is 0 Å². The lowest BCUT2D eigenvalue weighted by atomic mass is 10.2. The molecule has 0 spiro atoms. The summed E-state index contributed by atoms with van der Waals surface area (Å²) >= 11 is 0. The Hall–Kier alpha value is -2.61. The molecule has 4 N–H and O–H groups in total. The summed E-state index contributed by atoms with van der Waals surface area (Å²) in [4.78, 5) is 42.2. The van der Waals surface area contributed by atoms with E-state index in [0.717, 1.165) is 0 Å². The van der Waals surface area contributed by atoms with E-state index in [9.17, 15) is 14.4 Å². The van der Waals surface area contributed by atoms with Gasteiger partial charge >= 0.3 is 5.69 Å². The standard InChI is InChI=1S/C16H23N5O3/c1-4-21(8-14(22)17-10(2)3)9-15(23)18-11-5-6-12-13(7-11)20-16(24)19-12/h5-7,10H,4,8-9H2,1-3H3,(H,17,22)(H,18,23)(H2,19,20,24). The molecular weight excluding hydrogens is 310 g/mol. The van der Waals surface area contributed by atoms with Crippen molar-refractivity contribution in [2.75, 3.05) is 25.0 Å². The molecule has 130 valence electrons. The highest BCUT2D eigenvalue weighted by molar-refractivity contribution is 5.94. The number of benzene rings is 1. The maximum absolute atomic E-state index is 12.2. The highest BCUT2D eigenvalue weighted by Crippen LogP contribution is 2.14. The number of nitrogens with zero attached hydrogens (tertiary/aromatic N) is 1. The SMILES string of the molecule is CCN(CC(=O)Nc1ccc2[nH]c(=O)[nH]c2c1)CC(=O)NC(C)C. The van der Waals surface area contributed by atoms with Crippen molar-refractivity contribution in [1.82, 2.24) is 20.2 Å². The van der Waals surface area contributed by atoms with Crippen LogP contribution in [0.2, 0.25) is 0 Å². The molecule has 0 saturated carbocycles. The van der Waals surface area contributed by atoms with E-state index in [1.54, 1.807) is 23.1 Å². The number of H-pyrrole nitrogens is 2. The van der Waals surface area contributed by atoms with E-state index >= 15 is 0 Å². The Balaban J connectivity index is 1.94. The number of rotatable bonds is 7. The van der Waals surface area contributed by atoms with Gasteiger partial charge in [-0.2, -0.15) is 0 Å². The highest BCUT2D eigenvalue weighted by Gasteiger charge is 2.14. The summed E-state index contributed by atoms with van der Waals surface area (Å²) in [5.74, 6) is -0.322. The lowest BCUT2D eigenvalue weighted by molar-refractivity contribution is -0.123. The average molecular weight is 333 g/mol. The molecule has 2 amide bonds. The summed E-state index contributed by atoms with van der Waals surface area (Å²) in [5.41, 5.74) is 1.60. The molecule has 1 aromatic heterocycles. The zero-order valence-electron chi connectivity index (χ0n) is 14.1. The zero-order chi connectivity index (χ0) is 17.7. The molecule has 0 bridgehead atoms. The van der Waals surface area contributed by atoms with Crippen LogP contribution < -0.4 is 16.3 Å². The van der Waals surface area contributed by atoms with Crippen LogP contribution in [0.1, 0.15) is 20.8 Å². The van der Waals surface area contributed by atoms with Crippen molar-refractivity contribution in [2.24, 2.45) is 0 Å². The predicted molar refractivity (Wildman–Crippen MR) is 92.9 cm³/mol. The van der Waals surface area contributed by atoms with Crippen molar-refractivity contribution in [3.63, 3.8) is 0 Å². The van der Waals surface area contributed by atoms with Gasteiger partial charge in [-0.3, -0.25) is 14.5 Å². The maximum Gasteiger partial charge on any atom is 0.323 e. The number of aromatic nitrogens is 2. The van der Waals surface area contributed by atoms with Gasteiger partial charge in [-0.15, -0.1) is 0 Å². The van der Waals surface area contributed by atoms with Crippen LogP contribution in [0.25, 0.3) is 11.0 Å². The second kappa shape index (κ2) is 7.78. The number of aromatic amines is 2. The summed E-state index contributed by atoms with van der Waals surface area (Å²) in [6, 6.07) is 5.19. The number of likely N-dealkylation sites (N-methyl/N-ethyl adjacent to an activating group) is 1. The Morgan fingerprint density at radius 2 is 1.79 bits per heavy atom. The Morgan fingerprint density at radius 1 is 1.12 bits per heavy atom. The minimum Gasteiger partial charge on any atom is -0.353 e. The summed E-state index contributed by atoms with van der Waals surface area (Å²) in [6.45, 7) is 6.55. The number of carbonyl (C=O) groups is 2. The fourth-order valence-corrected chi connectivity index (χ4v) is 2.36. The summed E-state index contributed by atoms with van der Waals surface area (Å²) in [6.07, 6.45) is 0. The number of amides is 2. The molecule has 0 unspecified atom stereocenters. The first kappa shape index (κ1) is 17.7. The monoisotopic (exact) mass is 333 g/mol. The molecule has 8 nitrogen and oxygen atoms in total. The fourth-order valence-electron chi connectivity index (χ4n) is 2.36. The van der Waals surface area contributed by atoms with E-state index in [2.05, 4.69) is 20.6 Å².